The van der Waals surface area contributed by atoms with Gasteiger partial charge in [-0.1, -0.05) is 18.9 Å². The summed E-state index contributed by atoms with van der Waals surface area (Å²) in [6, 6.07) is 7.75. The first-order chi connectivity index (χ1) is 16.4. The van der Waals surface area contributed by atoms with E-state index in [9.17, 15) is 14.9 Å². The first-order valence-electron chi connectivity index (χ1n) is 11.5. The van der Waals surface area contributed by atoms with Crippen LogP contribution in [0.3, 0.4) is 0 Å². The second-order valence-electron chi connectivity index (χ2n) is 8.19. The molecule has 0 bridgehead atoms. The Kier molecular flexibility index (Phi) is 8.36. The van der Waals surface area contributed by atoms with Gasteiger partial charge in [0.1, 0.15) is 11.9 Å². The van der Waals surface area contributed by atoms with Crippen LogP contribution in [-0.4, -0.2) is 36.8 Å². The number of nitriles is 1. The van der Waals surface area contributed by atoms with Crippen molar-refractivity contribution in [2.45, 2.75) is 52.5 Å². The number of nitrogens with zero attached hydrogens (tertiary/aromatic N) is 2. The number of nitrogens with one attached hydrogen (secondary N) is 1. The minimum atomic E-state index is -0.651. The Morgan fingerprint density at radius 3 is 2.62 bits per heavy atom. The van der Waals surface area contributed by atoms with E-state index in [4.69, 9.17) is 14.2 Å². The lowest BCUT2D eigenvalue weighted by Gasteiger charge is -2.19. The molecule has 1 aromatic carbocycles. The van der Waals surface area contributed by atoms with Gasteiger partial charge in [0, 0.05) is 17.8 Å². The van der Waals surface area contributed by atoms with Crippen molar-refractivity contribution < 1.29 is 23.8 Å². The van der Waals surface area contributed by atoms with E-state index in [1.54, 1.807) is 31.4 Å². The predicted molar refractivity (Wildman–Crippen MR) is 129 cm³/mol. The van der Waals surface area contributed by atoms with Crippen molar-refractivity contribution in [3.05, 3.63) is 46.7 Å². The summed E-state index contributed by atoms with van der Waals surface area (Å²) in [4.78, 5) is 24.7. The number of anilines is 1. The number of aromatic nitrogens is 1. The molecule has 1 N–H and O–H groups in total. The van der Waals surface area contributed by atoms with Gasteiger partial charge in [-0.05, 0) is 62.9 Å². The molecule has 8 heteroatoms. The summed E-state index contributed by atoms with van der Waals surface area (Å²) >= 11 is 0. The third kappa shape index (κ3) is 5.60. The zero-order chi connectivity index (χ0) is 24.7. The highest BCUT2D eigenvalue weighted by Crippen LogP contribution is 2.37. The average molecular weight is 466 g/mol. The number of hydrogen-bond acceptors (Lipinski definition) is 6. The quantitative estimate of drug-likeness (QED) is 0.426. The second kappa shape index (κ2) is 11.4. The Hall–Kier alpha value is -3.73. The number of rotatable bonds is 9. The van der Waals surface area contributed by atoms with Crippen LogP contribution in [0.5, 0.6) is 11.5 Å². The van der Waals surface area contributed by atoms with Gasteiger partial charge in [-0.2, -0.15) is 5.26 Å². The smallest absolute Gasteiger partial charge is 0.331 e. The normalized spacial score (nSPS) is 13.6. The molecule has 1 saturated carbocycles. The van der Waals surface area contributed by atoms with Gasteiger partial charge in [-0.3, -0.25) is 4.79 Å². The van der Waals surface area contributed by atoms with Crippen LogP contribution in [0.4, 0.5) is 5.82 Å². The molecule has 1 aromatic heterocycles. The lowest BCUT2D eigenvalue weighted by atomic mass is 10.2. The van der Waals surface area contributed by atoms with Crippen molar-refractivity contribution in [3.8, 4) is 17.6 Å². The van der Waals surface area contributed by atoms with Gasteiger partial charge in [0.05, 0.1) is 19.3 Å². The molecule has 2 aromatic rings. The highest BCUT2D eigenvalue weighted by atomic mass is 16.5. The van der Waals surface area contributed by atoms with E-state index in [0.717, 1.165) is 42.5 Å². The molecule has 0 saturated heterocycles. The van der Waals surface area contributed by atoms with Crippen molar-refractivity contribution in [3.63, 3.8) is 0 Å². The first kappa shape index (κ1) is 24.9. The summed E-state index contributed by atoms with van der Waals surface area (Å²) in [5, 5.41) is 12.4. The minimum Gasteiger partial charge on any atom is -0.493 e. The van der Waals surface area contributed by atoms with Crippen LogP contribution < -0.4 is 14.8 Å². The molecule has 0 unspecified atom stereocenters. The molecule has 1 aliphatic carbocycles. The fraction of sp³-hybridized carbons (Fsp3) is 0.423. The molecule has 34 heavy (non-hydrogen) atoms. The van der Waals surface area contributed by atoms with E-state index in [2.05, 4.69) is 16.0 Å². The molecule has 1 fully saturated rings. The molecule has 1 heterocycles. The summed E-state index contributed by atoms with van der Waals surface area (Å²) in [6.07, 6.45) is 7.10. The van der Waals surface area contributed by atoms with Crippen LogP contribution in [0.25, 0.3) is 6.08 Å². The zero-order valence-corrected chi connectivity index (χ0v) is 20.1. The molecular formula is C26H31N3O5. The maximum atomic E-state index is 12.6. The van der Waals surface area contributed by atoms with Crippen LogP contribution in [0.1, 0.15) is 61.0 Å². The lowest BCUT2D eigenvalue weighted by Crippen LogP contribution is -2.23. The molecule has 180 valence electrons. The summed E-state index contributed by atoms with van der Waals surface area (Å²) in [6.45, 7) is 5.80. The summed E-state index contributed by atoms with van der Waals surface area (Å²) < 4.78 is 17.9. The third-order valence-electron chi connectivity index (χ3n) is 6.06. The van der Waals surface area contributed by atoms with Crippen LogP contribution in [0.2, 0.25) is 0 Å². The van der Waals surface area contributed by atoms with Crippen molar-refractivity contribution in [1.29, 1.82) is 5.26 Å². The molecule has 3 rings (SSSR count). The van der Waals surface area contributed by atoms with E-state index < -0.39 is 18.5 Å². The number of ether oxygens (including phenoxy) is 3. The molecular weight excluding hydrogens is 434 g/mol. The highest BCUT2D eigenvalue weighted by molar-refractivity contribution is 5.95. The van der Waals surface area contributed by atoms with E-state index in [0.29, 0.717) is 29.5 Å². The van der Waals surface area contributed by atoms with Gasteiger partial charge >= 0.3 is 5.97 Å². The van der Waals surface area contributed by atoms with E-state index in [1.807, 2.05) is 20.8 Å². The van der Waals surface area contributed by atoms with Crippen molar-refractivity contribution >= 4 is 23.8 Å². The summed E-state index contributed by atoms with van der Waals surface area (Å²) in [5.74, 6) is 0.522. The SMILES string of the molecule is CCOc1ccc(/C=C/C(=O)OCC(=O)Nc2c(C#N)c(C)c(C)n2C2CCCC2)cc1OC. The average Bonchev–Trinajstić information content (AvgIpc) is 3.43. The van der Waals surface area contributed by atoms with Gasteiger partial charge in [0.2, 0.25) is 0 Å². The van der Waals surface area contributed by atoms with Gasteiger partial charge in [-0.25, -0.2) is 4.79 Å². The first-order valence-corrected chi connectivity index (χ1v) is 11.5. The van der Waals surface area contributed by atoms with Crippen molar-refractivity contribution in [2.24, 2.45) is 0 Å². The summed E-state index contributed by atoms with van der Waals surface area (Å²) in [5.41, 5.74) is 3.01. The number of methoxy groups -OCH3 is 1. The maximum absolute atomic E-state index is 12.6. The fourth-order valence-corrected chi connectivity index (χ4v) is 4.29. The largest absolute Gasteiger partial charge is 0.493 e. The summed E-state index contributed by atoms with van der Waals surface area (Å²) in [7, 11) is 1.54. The Balaban J connectivity index is 1.63. The Labute approximate surface area is 200 Å². The van der Waals surface area contributed by atoms with Crippen LogP contribution in [0, 0.1) is 25.2 Å². The third-order valence-corrected chi connectivity index (χ3v) is 6.06. The van der Waals surface area contributed by atoms with Gasteiger partial charge in [-0.15, -0.1) is 0 Å². The zero-order valence-electron chi connectivity index (χ0n) is 20.1. The Morgan fingerprint density at radius 2 is 1.97 bits per heavy atom. The van der Waals surface area contributed by atoms with Gasteiger partial charge < -0.3 is 24.1 Å². The Bertz CT molecular complexity index is 1120. The molecule has 0 radical (unpaired) electrons. The Morgan fingerprint density at radius 1 is 1.24 bits per heavy atom. The number of carbonyl (C=O) groups excluding carboxylic acids is 2. The molecule has 8 nitrogen and oxygen atoms in total. The standard InChI is InChI=1S/C26H31N3O5/c1-5-33-22-12-10-19(14-23(22)32-4)11-13-25(31)34-16-24(30)28-26-21(15-27)17(2)18(3)29(26)20-8-6-7-9-20/h10-14,20H,5-9,16H2,1-4H3,(H,28,30)/b13-11+. The minimum absolute atomic E-state index is 0.257. The number of benzene rings is 1. The van der Waals surface area contributed by atoms with Crippen molar-refractivity contribution in [1.82, 2.24) is 4.57 Å². The maximum Gasteiger partial charge on any atom is 0.331 e. The van der Waals surface area contributed by atoms with Gasteiger partial charge in [0.15, 0.2) is 18.1 Å². The van der Waals surface area contributed by atoms with E-state index >= 15 is 0 Å². The van der Waals surface area contributed by atoms with Gasteiger partial charge in [0.25, 0.3) is 5.91 Å². The van der Waals surface area contributed by atoms with Crippen LogP contribution >= 0.6 is 0 Å². The molecule has 0 spiro atoms. The predicted octanol–water partition coefficient (Wildman–Crippen LogP) is 4.69. The number of carbonyl (C=O) groups is 2. The monoisotopic (exact) mass is 465 g/mol. The lowest BCUT2D eigenvalue weighted by molar-refractivity contribution is -0.142. The number of amides is 1. The second-order valence-corrected chi connectivity index (χ2v) is 8.19. The van der Waals surface area contributed by atoms with E-state index in [-0.39, 0.29) is 6.04 Å². The fourth-order valence-electron chi connectivity index (χ4n) is 4.29. The topological polar surface area (TPSA) is 103 Å². The van der Waals surface area contributed by atoms with Crippen molar-refractivity contribution in [2.75, 3.05) is 25.6 Å². The van der Waals surface area contributed by atoms with Crippen LogP contribution in [0.15, 0.2) is 24.3 Å². The van der Waals surface area contributed by atoms with E-state index in [1.165, 1.54) is 6.08 Å². The van der Waals surface area contributed by atoms with Crippen LogP contribution in [-0.2, 0) is 14.3 Å². The highest BCUT2D eigenvalue weighted by Gasteiger charge is 2.26. The molecule has 1 aliphatic rings. The molecule has 0 aliphatic heterocycles. The number of hydrogen-bond donors (Lipinski definition) is 1. The molecule has 1 amide bonds. The molecule has 0 atom stereocenters. The number of esters is 1.